The summed E-state index contributed by atoms with van der Waals surface area (Å²) in [5.74, 6) is 0. The van der Waals surface area contributed by atoms with E-state index < -0.39 is 4.92 Å². The van der Waals surface area contributed by atoms with Gasteiger partial charge in [-0.25, -0.2) is 0 Å². The molecule has 0 spiro atoms. The largest absolute Gasteiger partial charge is 0.393 e. The van der Waals surface area contributed by atoms with Crippen LogP contribution in [0.2, 0.25) is 5.02 Å². The molecule has 0 fully saturated rings. The van der Waals surface area contributed by atoms with E-state index in [0.29, 0.717) is 13.0 Å². The van der Waals surface area contributed by atoms with E-state index in [0.717, 1.165) is 5.56 Å². The van der Waals surface area contributed by atoms with Crippen LogP contribution >= 0.6 is 11.6 Å². The summed E-state index contributed by atoms with van der Waals surface area (Å²) in [5.41, 5.74) is 0.711. The zero-order chi connectivity index (χ0) is 13.7. The molecule has 0 saturated carbocycles. The Morgan fingerprint density at radius 1 is 1.50 bits per heavy atom. The quantitative estimate of drug-likeness (QED) is 0.616. The number of nitrogens with zero attached hydrogens (tertiary/aromatic N) is 1. The molecule has 100 valence electrons. The smallest absolute Gasteiger partial charge is 0.288 e. The zero-order valence-electron chi connectivity index (χ0n) is 10.4. The summed E-state index contributed by atoms with van der Waals surface area (Å²) in [6.07, 6.45) is 0.266. The Hall–Kier alpha value is -1.17. The molecule has 1 aromatic rings. The van der Waals surface area contributed by atoms with Crippen LogP contribution < -0.4 is 5.32 Å². The highest BCUT2D eigenvalue weighted by atomic mass is 35.5. The lowest BCUT2D eigenvalue weighted by Gasteiger charge is -2.15. The number of aliphatic hydroxyl groups is 1. The number of hydrogen-bond acceptors (Lipinski definition) is 4. The Morgan fingerprint density at radius 3 is 2.72 bits per heavy atom. The van der Waals surface area contributed by atoms with Crippen molar-refractivity contribution in [3.63, 3.8) is 0 Å². The third-order valence-corrected chi connectivity index (χ3v) is 2.88. The molecule has 1 aromatic carbocycles. The topological polar surface area (TPSA) is 75.4 Å². The summed E-state index contributed by atoms with van der Waals surface area (Å²) in [7, 11) is 0. The first-order valence-electron chi connectivity index (χ1n) is 5.74. The Balaban J connectivity index is 2.63. The number of rotatable bonds is 6. The monoisotopic (exact) mass is 272 g/mol. The van der Waals surface area contributed by atoms with E-state index in [1.807, 2.05) is 6.92 Å². The first-order chi connectivity index (χ1) is 8.40. The van der Waals surface area contributed by atoms with Crippen LogP contribution in [0.3, 0.4) is 0 Å². The fraction of sp³-hybridized carbons (Fsp3) is 0.500. The summed E-state index contributed by atoms with van der Waals surface area (Å²) < 4.78 is 0. The highest BCUT2D eigenvalue weighted by Gasteiger charge is 2.13. The van der Waals surface area contributed by atoms with E-state index in [2.05, 4.69) is 5.32 Å². The second-order valence-corrected chi connectivity index (χ2v) is 4.82. The van der Waals surface area contributed by atoms with E-state index in [9.17, 15) is 15.2 Å². The number of nitro groups is 1. The van der Waals surface area contributed by atoms with Crippen molar-refractivity contribution in [2.24, 2.45) is 0 Å². The summed E-state index contributed by atoms with van der Waals surface area (Å²) in [6.45, 7) is 4.19. The van der Waals surface area contributed by atoms with Gasteiger partial charge < -0.3 is 10.4 Å². The molecule has 5 nitrogen and oxygen atoms in total. The predicted octanol–water partition coefficient (Wildman–Crippen LogP) is 2.50. The maximum atomic E-state index is 10.7. The van der Waals surface area contributed by atoms with Crippen LogP contribution in [0.25, 0.3) is 0 Å². The number of hydrogen-bond donors (Lipinski definition) is 2. The molecule has 0 saturated heterocycles. The molecule has 0 amide bonds. The van der Waals surface area contributed by atoms with Crippen molar-refractivity contribution in [2.45, 2.75) is 39.0 Å². The van der Waals surface area contributed by atoms with Gasteiger partial charge in [0.2, 0.25) is 0 Å². The number of halogens is 1. The van der Waals surface area contributed by atoms with Gasteiger partial charge in [-0.3, -0.25) is 10.1 Å². The standard InChI is InChI=1S/C12H17ClN2O3/c1-8(5-9(2)16)14-7-10-3-4-11(13)12(6-10)15(17)18/h3-4,6,8-9,14,16H,5,7H2,1-2H3. The fourth-order valence-electron chi connectivity index (χ4n) is 1.70. The summed E-state index contributed by atoms with van der Waals surface area (Å²) in [6, 6.07) is 4.87. The van der Waals surface area contributed by atoms with Gasteiger partial charge in [-0.15, -0.1) is 0 Å². The number of nitrogens with one attached hydrogen (secondary N) is 1. The van der Waals surface area contributed by atoms with Crippen molar-refractivity contribution in [2.75, 3.05) is 0 Å². The Morgan fingerprint density at radius 2 is 2.17 bits per heavy atom. The van der Waals surface area contributed by atoms with Gasteiger partial charge in [0, 0.05) is 18.7 Å². The van der Waals surface area contributed by atoms with E-state index in [1.54, 1.807) is 13.0 Å². The number of benzene rings is 1. The second-order valence-electron chi connectivity index (χ2n) is 4.41. The molecular weight excluding hydrogens is 256 g/mol. The molecule has 0 aliphatic carbocycles. The average molecular weight is 273 g/mol. The molecule has 0 aliphatic heterocycles. The molecule has 0 radical (unpaired) electrons. The molecule has 18 heavy (non-hydrogen) atoms. The maximum Gasteiger partial charge on any atom is 0.288 e. The van der Waals surface area contributed by atoms with Crippen molar-refractivity contribution in [3.8, 4) is 0 Å². The Kier molecular flexibility index (Phi) is 5.53. The van der Waals surface area contributed by atoms with Crippen LogP contribution in [-0.2, 0) is 6.54 Å². The van der Waals surface area contributed by atoms with Crippen LogP contribution in [0.4, 0.5) is 5.69 Å². The molecule has 0 aromatic heterocycles. The van der Waals surface area contributed by atoms with Gasteiger partial charge in [0.05, 0.1) is 11.0 Å². The van der Waals surface area contributed by atoms with Crippen LogP contribution in [0.15, 0.2) is 18.2 Å². The highest BCUT2D eigenvalue weighted by Crippen LogP contribution is 2.25. The predicted molar refractivity (Wildman–Crippen MR) is 70.7 cm³/mol. The average Bonchev–Trinajstić information content (AvgIpc) is 2.26. The molecule has 6 heteroatoms. The minimum absolute atomic E-state index is 0.0841. The molecule has 2 unspecified atom stereocenters. The van der Waals surface area contributed by atoms with Crippen molar-refractivity contribution in [3.05, 3.63) is 38.9 Å². The summed E-state index contributed by atoms with van der Waals surface area (Å²) in [4.78, 5) is 10.2. The molecule has 0 aliphatic rings. The van der Waals surface area contributed by atoms with E-state index in [-0.39, 0.29) is 22.9 Å². The van der Waals surface area contributed by atoms with Crippen molar-refractivity contribution in [1.29, 1.82) is 0 Å². The van der Waals surface area contributed by atoms with Gasteiger partial charge in [0.25, 0.3) is 5.69 Å². The molecule has 2 atom stereocenters. The second kappa shape index (κ2) is 6.68. The molecule has 0 heterocycles. The lowest BCUT2D eigenvalue weighted by molar-refractivity contribution is -0.384. The van der Waals surface area contributed by atoms with Gasteiger partial charge in [-0.05, 0) is 31.9 Å². The lowest BCUT2D eigenvalue weighted by Crippen LogP contribution is -2.28. The SMILES string of the molecule is CC(O)CC(C)NCc1ccc(Cl)c([N+](=O)[O-])c1. The molecule has 0 bridgehead atoms. The summed E-state index contributed by atoms with van der Waals surface area (Å²) >= 11 is 5.73. The minimum atomic E-state index is -0.495. The first-order valence-corrected chi connectivity index (χ1v) is 6.12. The number of aliphatic hydroxyl groups excluding tert-OH is 1. The highest BCUT2D eigenvalue weighted by molar-refractivity contribution is 6.32. The van der Waals surface area contributed by atoms with Crippen molar-refractivity contribution < 1.29 is 10.0 Å². The van der Waals surface area contributed by atoms with Gasteiger partial charge >= 0.3 is 0 Å². The Bertz CT molecular complexity index is 424. The molecule has 2 N–H and O–H groups in total. The molecule has 1 rings (SSSR count). The fourth-order valence-corrected chi connectivity index (χ4v) is 1.88. The van der Waals surface area contributed by atoms with Crippen LogP contribution in [0.1, 0.15) is 25.8 Å². The zero-order valence-corrected chi connectivity index (χ0v) is 11.1. The van der Waals surface area contributed by atoms with Crippen LogP contribution in [0, 0.1) is 10.1 Å². The van der Waals surface area contributed by atoms with E-state index in [4.69, 9.17) is 11.6 Å². The lowest BCUT2D eigenvalue weighted by atomic mass is 10.1. The Labute approximate surface area is 111 Å². The normalized spacial score (nSPS) is 14.2. The van der Waals surface area contributed by atoms with Crippen LogP contribution in [-0.4, -0.2) is 22.2 Å². The summed E-state index contributed by atoms with van der Waals surface area (Å²) in [5, 5.41) is 23.3. The van der Waals surface area contributed by atoms with Gasteiger partial charge in [-0.2, -0.15) is 0 Å². The third kappa shape index (κ3) is 4.60. The van der Waals surface area contributed by atoms with Crippen LogP contribution in [0.5, 0.6) is 0 Å². The van der Waals surface area contributed by atoms with Crippen molar-refractivity contribution >= 4 is 17.3 Å². The number of nitro benzene ring substituents is 1. The van der Waals surface area contributed by atoms with E-state index >= 15 is 0 Å². The van der Waals surface area contributed by atoms with Gasteiger partial charge in [0.15, 0.2) is 0 Å². The molecular formula is C12H17ClN2O3. The van der Waals surface area contributed by atoms with Gasteiger partial charge in [0.1, 0.15) is 5.02 Å². The third-order valence-electron chi connectivity index (χ3n) is 2.56. The minimum Gasteiger partial charge on any atom is -0.393 e. The van der Waals surface area contributed by atoms with Crippen molar-refractivity contribution in [1.82, 2.24) is 5.32 Å². The first kappa shape index (κ1) is 14.9. The maximum absolute atomic E-state index is 10.7. The van der Waals surface area contributed by atoms with E-state index in [1.165, 1.54) is 12.1 Å². The van der Waals surface area contributed by atoms with Gasteiger partial charge in [-0.1, -0.05) is 17.7 Å².